The van der Waals surface area contributed by atoms with Crippen LogP contribution in [0.2, 0.25) is 0 Å². The highest BCUT2D eigenvalue weighted by atomic mass is 32.2. The maximum absolute atomic E-state index is 11.5. The van der Waals surface area contributed by atoms with Gasteiger partial charge in [-0.3, -0.25) is 0 Å². The van der Waals surface area contributed by atoms with E-state index in [2.05, 4.69) is 25.5 Å². The molecule has 5 heteroatoms. The Morgan fingerprint density at radius 3 is 1.93 bits per heavy atom. The van der Waals surface area contributed by atoms with E-state index in [4.69, 9.17) is 5.73 Å². The SMILES string of the molecule is CC(C)(C)CC(C)(C)NS(=O)(=O)CCN. The van der Waals surface area contributed by atoms with Crippen molar-refractivity contribution in [3.05, 3.63) is 0 Å². The van der Waals surface area contributed by atoms with Gasteiger partial charge in [-0.15, -0.1) is 0 Å². The van der Waals surface area contributed by atoms with Gasteiger partial charge in [0.05, 0.1) is 5.75 Å². The van der Waals surface area contributed by atoms with Gasteiger partial charge in [0, 0.05) is 12.1 Å². The van der Waals surface area contributed by atoms with Crippen LogP contribution in [0.3, 0.4) is 0 Å². The predicted octanol–water partition coefficient (Wildman–Crippen LogP) is 1.08. The molecule has 0 rings (SSSR count). The molecule has 0 amide bonds. The summed E-state index contributed by atoms with van der Waals surface area (Å²) >= 11 is 0. The van der Waals surface area contributed by atoms with Gasteiger partial charge in [-0.2, -0.15) is 0 Å². The minimum Gasteiger partial charge on any atom is -0.329 e. The zero-order chi connectivity index (χ0) is 12.3. The van der Waals surface area contributed by atoms with Crippen LogP contribution in [-0.4, -0.2) is 26.3 Å². The number of sulfonamides is 1. The van der Waals surface area contributed by atoms with Crippen molar-refractivity contribution < 1.29 is 8.42 Å². The highest BCUT2D eigenvalue weighted by molar-refractivity contribution is 7.89. The Morgan fingerprint density at radius 1 is 1.13 bits per heavy atom. The summed E-state index contributed by atoms with van der Waals surface area (Å²) in [6.07, 6.45) is 0.782. The molecule has 0 aliphatic rings. The van der Waals surface area contributed by atoms with Crippen LogP contribution in [0.15, 0.2) is 0 Å². The lowest BCUT2D eigenvalue weighted by Crippen LogP contribution is -2.47. The number of rotatable bonds is 5. The van der Waals surface area contributed by atoms with Crippen LogP contribution in [0, 0.1) is 5.41 Å². The van der Waals surface area contributed by atoms with E-state index in [1.807, 2.05) is 13.8 Å². The number of nitrogens with two attached hydrogens (primary N) is 1. The number of hydrogen-bond acceptors (Lipinski definition) is 3. The summed E-state index contributed by atoms with van der Waals surface area (Å²) in [7, 11) is -3.24. The molecule has 0 aromatic heterocycles. The summed E-state index contributed by atoms with van der Waals surface area (Å²) in [5, 5.41) is 0. The number of hydrogen-bond donors (Lipinski definition) is 2. The summed E-state index contributed by atoms with van der Waals surface area (Å²) in [5.74, 6) is -0.0133. The van der Waals surface area contributed by atoms with Gasteiger partial charge in [-0.25, -0.2) is 13.1 Å². The van der Waals surface area contributed by atoms with Gasteiger partial charge in [-0.1, -0.05) is 20.8 Å². The lowest BCUT2D eigenvalue weighted by atomic mass is 9.82. The molecule has 0 radical (unpaired) electrons. The Morgan fingerprint density at radius 2 is 1.60 bits per heavy atom. The fraction of sp³-hybridized carbons (Fsp3) is 1.00. The average molecular weight is 236 g/mol. The molecule has 0 aliphatic heterocycles. The number of nitrogens with one attached hydrogen (secondary N) is 1. The quantitative estimate of drug-likeness (QED) is 0.750. The van der Waals surface area contributed by atoms with Gasteiger partial charge in [0.1, 0.15) is 0 Å². The van der Waals surface area contributed by atoms with Crippen molar-refractivity contribution >= 4 is 10.0 Å². The molecule has 0 spiro atoms. The molecule has 0 aromatic rings. The smallest absolute Gasteiger partial charge is 0.213 e. The van der Waals surface area contributed by atoms with Crippen LogP contribution >= 0.6 is 0 Å². The van der Waals surface area contributed by atoms with Crippen LogP contribution < -0.4 is 10.5 Å². The van der Waals surface area contributed by atoms with Gasteiger partial charge in [0.15, 0.2) is 0 Å². The molecule has 0 unspecified atom stereocenters. The first kappa shape index (κ1) is 14.9. The fourth-order valence-electron chi connectivity index (χ4n) is 1.99. The Kier molecular flexibility index (Phi) is 4.76. The van der Waals surface area contributed by atoms with E-state index in [0.717, 1.165) is 6.42 Å². The molecular formula is C10H24N2O2S. The Labute approximate surface area is 93.7 Å². The fourth-order valence-corrected chi connectivity index (χ4v) is 3.32. The summed E-state index contributed by atoms with van der Waals surface area (Å²) < 4.78 is 25.8. The predicted molar refractivity (Wildman–Crippen MR) is 64.1 cm³/mol. The molecule has 0 bridgehead atoms. The van der Waals surface area contributed by atoms with Crippen molar-refractivity contribution in [3.63, 3.8) is 0 Å². The van der Waals surface area contributed by atoms with Crippen LogP contribution in [0.1, 0.15) is 41.0 Å². The summed E-state index contributed by atoms with van der Waals surface area (Å²) in [6.45, 7) is 10.2. The van der Waals surface area contributed by atoms with Crippen molar-refractivity contribution in [1.29, 1.82) is 0 Å². The van der Waals surface area contributed by atoms with Gasteiger partial charge >= 0.3 is 0 Å². The molecule has 92 valence electrons. The third-order valence-corrected chi connectivity index (χ3v) is 3.43. The molecule has 4 nitrogen and oxygen atoms in total. The second-order valence-corrected chi connectivity index (χ2v) is 7.67. The molecule has 3 N–H and O–H groups in total. The molecule has 0 aliphatic carbocycles. The first-order valence-corrected chi connectivity index (χ1v) is 6.84. The Balaban J connectivity index is 4.51. The van der Waals surface area contributed by atoms with E-state index in [-0.39, 0.29) is 17.7 Å². The van der Waals surface area contributed by atoms with Crippen LogP contribution in [0.5, 0.6) is 0 Å². The lowest BCUT2D eigenvalue weighted by Gasteiger charge is -2.32. The molecule has 0 heterocycles. The summed E-state index contributed by atoms with van der Waals surface area (Å²) in [5.41, 5.74) is 4.91. The zero-order valence-electron chi connectivity index (χ0n) is 10.4. The second kappa shape index (κ2) is 4.80. The van der Waals surface area contributed by atoms with Crippen molar-refractivity contribution in [3.8, 4) is 0 Å². The van der Waals surface area contributed by atoms with Crippen LogP contribution in [0.25, 0.3) is 0 Å². The largest absolute Gasteiger partial charge is 0.329 e. The minimum atomic E-state index is -3.24. The van der Waals surface area contributed by atoms with Crippen LogP contribution in [-0.2, 0) is 10.0 Å². The Hall–Kier alpha value is -0.130. The van der Waals surface area contributed by atoms with Crippen LogP contribution in [0.4, 0.5) is 0 Å². The first-order valence-electron chi connectivity index (χ1n) is 5.19. The van der Waals surface area contributed by atoms with Gasteiger partial charge in [0.2, 0.25) is 10.0 Å². The molecule has 15 heavy (non-hydrogen) atoms. The van der Waals surface area contributed by atoms with Gasteiger partial charge in [0.25, 0.3) is 0 Å². The normalized spacial score (nSPS) is 14.3. The molecule has 0 aromatic carbocycles. The summed E-state index contributed by atoms with van der Waals surface area (Å²) in [4.78, 5) is 0. The van der Waals surface area contributed by atoms with Crippen molar-refractivity contribution in [2.75, 3.05) is 12.3 Å². The maximum Gasteiger partial charge on any atom is 0.213 e. The van der Waals surface area contributed by atoms with E-state index in [1.54, 1.807) is 0 Å². The highest BCUT2D eigenvalue weighted by Gasteiger charge is 2.29. The summed E-state index contributed by atoms with van der Waals surface area (Å²) in [6, 6.07) is 0. The first-order chi connectivity index (χ1) is 6.47. The molecule has 0 saturated carbocycles. The van der Waals surface area contributed by atoms with Gasteiger partial charge in [-0.05, 0) is 25.7 Å². The lowest BCUT2D eigenvalue weighted by molar-refractivity contribution is 0.269. The molecular weight excluding hydrogens is 212 g/mol. The molecule has 0 fully saturated rings. The van der Waals surface area contributed by atoms with Gasteiger partial charge < -0.3 is 5.73 Å². The van der Waals surface area contributed by atoms with Crippen molar-refractivity contribution in [1.82, 2.24) is 4.72 Å². The highest BCUT2D eigenvalue weighted by Crippen LogP contribution is 2.27. The van der Waals surface area contributed by atoms with E-state index >= 15 is 0 Å². The van der Waals surface area contributed by atoms with E-state index in [9.17, 15) is 8.42 Å². The third kappa shape index (κ3) is 7.76. The maximum atomic E-state index is 11.5. The second-order valence-electron chi connectivity index (χ2n) is 5.83. The molecule has 0 atom stereocenters. The zero-order valence-corrected chi connectivity index (χ0v) is 11.2. The van der Waals surface area contributed by atoms with E-state index < -0.39 is 15.6 Å². The van der Waals surface area contributed by atoms with Crippen molar-refractivity contribution in [2.45, 2.75) is 46.6 Å². The topological polar surface area (TPSA) is 72.2 Å². The Bertz CT molecular complexity index is 289. The standard InChI is InChI=1S/C10H24N2O2S/c1-9(2,3)8-10(4,5)12-15(13,14)7-6-11/h12H,6-8,11H2,1-5H3. The average Bonchev–Trinajstić information content (AvgIpc) is 1.74. The molecule has 0 saturated heterocycles. The third-order valence-electron chi connectivity index (χ3n) is 1.79. The van der Waals surface area contributed by atoms with E-state index in [1.165, 1.54) is 0 Å². The minimum absolute atomic E-state index is 0.0133. The monoisotopic (exact) mass is 236 g/mol. The van der Waals surface area contributed by atoms with E-state index in [0.29, 0.717) is 0 Å². The van der Waals surface area contributed by atoms with Crippen molar-refractivity contribution in [2.24, 2.45) is 11.1 Å².